The van der Waals surface area contributed by atoms with Crippen molar-refractivity contribution in [1.82, 2.24) is 0 Å². The van der Waals surface area contributed by atoms with Crippen LogP contribution in [-0.4, -0.2) is 10.9 Å². The van der Waals surface area contributed by atoms with Gasteiger partial charge in [-0.3, -0.25) is 4.79 Å². The van der Waals surface area contributed by atoms with Crippen molar-refractivity contribution in [2.24, 2.45) is 0 Å². The highest BCUT2D eigenvalue weighted by atomic mass is 16.7. The molecular formula is C18H18O6. The van der Waals surface area contributed by atoms with Crippen molar-refractivity contribution in [3.05, 3.63) is 46.5 Å². The molecule has 0 amide bonds. The predicted octanol–water partition coefficient (Wildman–Crippen LogP) is 3.36. The molecule has 1 N–H and O–H groups in total. The summed E-state index contributed by atoms with van der Waals surface area (Å²) in [5, 5.41) is 9.18. The molecule has 1 fully saturated rings. The van der Waals surface area contributed by atoms with Crippen LogP contribution in [0.1, 0.15) is 37.9 Å². The summed E-state index contributed by atoms with van der Waals surface area (Å²) in [7, 11) is 0. The molecule has 0 saturated heterocycles. The number of rotatable bonds is 3. The van der Waals surface area contributed by atoms with Crippen LogP contribution in [0.15, 0.2) is 39.7 Å². The van der Waals surface area contributed by atoms with Crippen molar-refractivity contribution >= 4 is 0 Å². The topological polar surface area (TPSA) is 78.1 Å². The molecule has 126 valence electrons. The van der Waals surface area contributed by atoms with Crippen molar-refractivity contribution in [2.45, 2.75) is 44.5 Å². The first-order valence-electron chi connectivity index (χ1n) is 8.09. The zero-order valence-electron chi connectivity index (χ0n) is 13.1. The molecule has 0 unspecified atom stereocenters. The van der Waals surface area contributed by atoms with Gasteiger partial charge >= 0.3 is 0 Å². The highest BCUT2D eigenvalue weighted by Gasteiger charge is 2.42. The van der Waals surface area contributed by atoms with Crippen LogP contribution in [0, 0.1) is 0 Å². The molecule has 1 saturated carbocycles. The molecule has 0 bridgehead atoms. The third kappa shape index (κ3) is 2.79. The zero-order valence-corrected chi connectivity index (χ0v) is 13.1. The van der Waals surface area contributed by atoms with Crippen LogP contribution < -0.4 is 19.6 Å². The van der Waals surface area contributed by atoms with E-state index in [4.69, 9.17) is 18.6 Å². The molecule has 4 rings (SSSR count). The van der Waals surface area contributed by atoms with Gasteiger partial charge in [-0.15, -0.1) is 0 Å². The van der Waals surface area contributed by atoms with Crippen LogP contribution in [0.2, 0.25) is 0 Å². The number of hydrogen-bond donors (Lipinski definition) is 1. The lowest BCUT2D eigenvalue weighted by Crippen LogP contribution is -2.40. The predicted molar refractivity (Wildman–Crippen MR) is 84.5 cm³/mol. The molecule has 2 aliphatic rings. The summed E-state index contributed by atoms with van der Waals surface area (Å²) in [4.78, 5) is 11.4. The Balaban J connectivity index is 1.46. The Morgan fingerprint density at radius 2 is 1.88 bits per heavy atom. The summed E-state index contributed by atoms with van der Waals surface area (Å²) in [6.07, 6.45) is 6.24. The summed E-state index contributed by atoms with van der Waals surface area (Å²) < 4.78 is 22.8. The van der Waals surface area contributed by atoms with Crippen molar-refractivity contribution in [1.29, 1.82) is 0 Å². The molecule has 2 heterocycles. The Bertz CT molecular complexity index is 803. The highest BCUT2D eigenvalue weighted by Crippen LogP contribution is 2.46. The van der Waals surface area contributed by atoms with Crippen LogP contribution in [0.3, 0.4) is 0 Å². The maximum atomic E-state index is 11.4. The van der Waals surface area contributed by atoms with E-state index in [1.165, 1.54) is 12.5 Å². The Morgan fingerprint density at radius 3 is 2.67 bits per heavy atom. The van der Waals surface area contributed by atoms with E-state index in [2.05, 4.69) is 0 Å². The Labute approximate surface area is 138 Å². The van der Waals surface area contributed by atoms with Crippen LogP contribution in [0.25, 0.3) is 0 Å². The van der Waals surface area contributed by atoms with Crippen molar-refractivity contribution in [3.8, 4) is 23.0 Å². The summed E-state index contributed by atoms with van der Waals surface area (Å²) in [6.45, 7) is 0.0836. The monoisotopic (exact) mass is 330 g/mol. The SMILES string of the molecule is O=c1cc(COc2ccc3c(c2)OC2(CCCCC2)O3)occ1O. The quantitative estimate of drug-likeness (QED) is 0.930. The number of ether oxygens (including phenoxy) is 3. The Hall–Kier alpha value is -2.63. The lowest BCUT2D eigenvalue weighted by Gasteiger charge is -2.31. The van der Waals surface area contributed by atoms with Crippen molar-refractivity contribution < 1.29 is 23.7 Å². The molecule has 2 aromatic rings. The minimum atomic E-state index is -0.511. The first kappa shape index (κ1) is 14.9. The normalized spacial score (nSPS) is 17.8. The molecule has 1 spiro atoms. The van der Waals surface area contributed by atoms with E-state index in [1.54, 1.807) is 12.1 Å². The van der Waals surface area contributed by atoms with Crippen molar-refractivity contribution in [3.63, 3.8) is 0 Å². The van der Waals surface area contributed by atoms with Gasteiger partial charge in [-0.25, -0.2) is 0 Å². The minimum Gasteiger partial charge on any atom is -0.502 e. The number of fused-ring (bicyclic) bond motifs is 1. The molecule has 6 heteroatoms. The second kappa shape index (κ2) is 5.78. The summed E-state index contributed by atoms with van der Waals surface area (Å²) in [5.41, 5.74) is -0.496. The average molecular weight is 330 g/mol. The first-order chi connectivity index (χ1) is 11.6. The number of benzene rings is 1. The van der Waals surface area contributed by atoms with Gasteiger partial charge in [0.15, 0.2) is 17.2 Å². The van der Waals surface area contributed by atoms with E-state index >= 15 is 0 Å². The largest absolute Gasteiger partial charge is 0.502 e. The maximum Gasteiger partial charge on any atom is 0.251 e. The van der Waals surface area contributed by atoms with Crippen LogP contribution >= 0.6 is 0 Å². The third-order valence-electron chi connectivity index (χ3n) is 4.37. The minimum absolute atomic E-state index is 0.0836. The summed E-state index contributed by atoms with van der Waals surface area (Å²) >= 11 is 0. The van der Waals surface area contributed by atoms with Gasteiger partial charge in [0, 0.05) is 25.0 Å². The van der Waals surface area contributed by atoms with Crippen LogP contribution in [0.5, 0.6) is 23.0 Å². The fourth-order valence-corrected chi connectivity index (χ4v) is 3.13. The van der Waals surface area contributed by atoms with Crippen LogP contribution in [-0.2, 0) is 6.61 Å². The molecule has 24 heavy (non-hydrogen) atoms. The molecule has 6 nitrogen and oxygen atoms in total. The molecule has 0 atom stereocenters. The van der Waals surface area contributed by atoms with Gasteiger partial charge in [0.25, 0.3) is 5.79 Å². The van der Waals surface area contributed by atoms with Gasteiger partial charge in [0.2, 0.25) is 5.43 Å². The van der Waals surface area contributed by atoms with Gasteiger partial charge in [0.1, 0.15) is 24.4 Å². The van der Waals surface area contributed by atoms with E-state index in [1.807, 2.05) is 6.07 Å². The lowest BCUT2D eigenvalue weighted by atomic mass is 9.94. The van der Waals surface area contributed by atoms with Gasteiger partial charge in [-0.2, -0.15) is 0 Å². The molecule has 1 aromatic heterocycles. The van der Waals surface area contributed by atoms with Gasteiger partial charge in [0.05, 0.1) is 0 Å². The number of aromatic hydroxyl groups is 1. The number of hydrogen-bond acceptors (Lipinski definition) is 6. The smallest absolute Gasteiger partial charge is 0.251 e. The fraction of sp³-hybridized carbons (Fsp3) is 0.389. The molecule has 1 aromatic carbocycles. The van der Waals surface area contributed by atoms with Crippen LogP contribution in [0.4, 0.5) is 0 Å². The van der Waals surface area contributed by atoms with E-state index < -0.39 is 17.0 Å². The van der Waals surface area contributed by atoms with E-state index in [0.717, 1.165) is 37.7 Å². The molecule has 1 aliphatic heterocycles. The molecular weight excluding hydrogens is 312 g/mol. The lowest BCUT2D eigenvalue weighted by molar-refractivity contribution is -0.105. The average Bonchev–Trinajstić information content (AvgIpc) is 2.93. The standard InChI is InChI=1S/C18H18O6/c19-14-8-13(22-11-15(14)20)10-21-12-4-5-16-17(9-12)24-18(23-16)6-2-1-3-7-18/h4-5,8-9,11,20H,1-3,6-7,10H2. The zero-order chi connectivity index (χ0) is 16.6. The third-order valence-corrected chi connectivity index (χ3v) is 4.37. The second-order valence-electron chi connectivity index (χ2n) is 6.17. The van der Waals surface area contributed by atoms with Crippen molar-refractivity contribution in [2.75, 3.05) is 0 Å². The molecule has 0 radical (unpaired) electrons. The van der Waals surface area contributed by atoms with E-state index in [-0.39, 0.29) is 6.61 Å². The summed E-state index contributed by atoms with van der Waals surface area (Å²) in [6, 6.07) is 6.63. The van der Waals surface area contributed by atoms with E-state index in [9.17, 15) is 9.90 Å². The highest BCUT2D eigenvalue weighted by molar-refractivity contribution is 5.48. The maximum absolute atomic E-state index is 11.4. The second-order valence-corrected chi connectivity index (χ2v) is 6.17. The first-order valence-corrected chi connectivity index (χ1v) is 8.09. The Kier molecular flexibility index (Phi) is 3.59. The van der Waals surface area contributed by atoms with E-state index in [0.29, 0.717) is 17.3 Å². The van der Waals surface area contributed by atoms with Gasteiger partial charge in [-0.1, -0.05) is 6.42 Å². The fourth-order valence-electron chi connectivity index (χ4n) is 3.13. The summed E-state index contributed by atoms with van der Waals surface area (Å²) in [5.74, 6) is 1.42. The van der Waals surface area contributed by atoms with Gasteiger partial charge in [-0.05, 0) is 25.0 Å². The van der Waals surface area contributed by atoms with Gasteiger partial charge < -0.3 is 23.7 Å². The molecule has 1 aliphatic carbocycles. The Morgan fingerprint density at radius 1 is 1.08 bits per heavy atom.